The van der Waals surface area contributed by atoms with Gasteiger partial charge in [0.25, 0.3) is 5.91 Å². The number of aromatic amines is 1. The van der Waals surface area contributed by atoms with Crippen molar-refractivity contribution < 1.29 is 4.79 Å². The molecular formula is C18H20N6O. The van der Waals surface area contributed by atoms with Crippen molar-refractivity contribution in [1.29, 1.82) is 0 Å². The molecule has 3 aromatic heterocycles. The Morgan fingerprint density at radius 3 is 3.08 bits per heavy atom. The quantitative estimate of drug-likeness (QED) is 0.680. The van der Waals surface area contributed by atoms with Gasteiger partial charge in [-0.2, -0.15) is 0 Å². The normalized spacial score (nSPS) is 17.6. The number of aromatic nitrogens is 3. The van der Waals surface area contributed by atoms with Crippen LogP contribution in [0.2, 0.25) is 0 Å². The SMILES string of the molecule is NC1CCCN(c2ccnc3[nH]cc(NC(=O)c4cccnc4)c23)C1. The van der Waals surface area contributed by atoms with Gasteiger partial charge in [0, 0.05) is 43.9 Å². The molecule has 4 heterocycles. The highest BCUT2D eigenvalue weighted by molar-refractivity contribution is 6.11. The van der Waals surface area contributed by atoms with Crippen molar-refractivity contribution in [1.82, 2.24) is 15.0 Å². The third kappa shape index (κ3) is 3.06. The van der Waals surface area contributed by atoms with Crippen LogP contribution >= 0.6 is 0 Å². The molecule has 1 amide bonds. The Balaban J connectivity index is 1.69. The smallest absolute Gasteiger partial charge is 0.257 e. The van der Waals surface area contributed by atoms with E-state index in [4.69, 9.17) is 5.73 Å². The minimum Gasteiger partial charge on any atom is -0.369 e. The van der Waals surface area contributed by atoms with Gasteiger partial charge in [-0.1, -0.05) is 0 Å². The summed E-state index contributed by atoms with van der Waals surface area (Å²) < 4.78 is 0. The van der Waals surface area contributed by atoms with Crippen LogP contribution in [0, 0.1) is 0 Å². The molecule has 3 aromatic rings. The average molecular weight is 336 g/mol. The third-order valence-corrected chi connectivity index (χ3v) is 4.52. The minimum absolute atomic E-state index is 0.171. The van der Waals surface area contributed by atoms with Crippen LogP contribution in [0.25, 0.3) is 11.0 Å². The Morgan fingerprint density at radius 2 is 2.28 bits per heavy atom. The Hall–Kier alpha value is -2.93. The van der Waals surface area contributed by atoms with E-state index in [9.17, 15) is 4.79 Å². The summed E-state index contributed by atoms with van der Waals surface area (Å²) in [6, 6.07) is 5.63. The number of pyridine rings is 2. The number of amides is 1. The summed E-state index contributed by atoms with van der Waals surface area (Å²) in [5.41, 5.74) is 9.16. The van der Waals surface area contributed by atoms with Crippen LogP contribution in [0.3, 0.4) is 0 Å². The largest absolute Gasteiger partial charge is 0.369 e. The van der Waals surface area contributed by atoms with E-state index in [0.29, 0.717) is 11.3 Å². The van der Waals surface area contributed by atoms with Crippen molar-refractivity contribution in [3.05, 3.63) is 48.5 Å². The molecule has 0 bridgehead atoms. The molecule has 0 saturated carbocycles. The van der Waals surface area contributed by atoms with Gasteiger partial charge < -0.3 is 20.9 Å². The van der Waals surface area contributed by atoms with E-state index in [0.717, 1.165) is 42.7 Å². The topological polar surface area (TPSA) is 99.9 Å². The minimum atomic E-state index is -0.195. The molecule has 7 nitrogen and oxygen atoms in total. The van der Waals surface area contributed by atoms with Gasteiger partial charge in [0.05, 0.1) is 22.3 Å². The van der Waals surface area contributed by atoms with E-state index in [-0.39, 0.29) is 11.9 Å². The maximum atomic E-state index is 12.5. The molecule has 128 valence electrons. The molecule has 1 saturated heterocycles. The summed E-state index contributed by atoms with van der Waals surface area (Å²) in [5.74, 6) is -0.195. The van der Waals surface area contributed by atoms with E-state index in [1.165, 1.54) is 0 Å². The third-order valence-electron chi connectivity index (χ3n) is 4.52. The molecule has 7 heteroatoms. The van der Waals surface area contributed by atoms with Crippen molar-refractivity contribution in [3.8, 4) is 0 Å². The number of nitrogens with one attached hydrogen (secondary N) is 2. The number of anilines is 2. The molecule has 4 N–H and O–H groups in total. The highest BCUT2D eigenvalue weighted by Crippen LogP contribution is 2.33. The maximum absolute atomic E-state index is 12.5. The molecule has 4 rings (SSSR count). The van der Waals surface area contributed by atoms with Gasteiger partial charge in [-0.05, 0) is 31.0 Å². The highest BCUT2D eigenvalue weighted by atomic mass is 16.1. The molecule has 25 heavy (non-hydrogen) atoms. The number of nitrogens with two attached hydrogens (primary N) is 1. The van der Waals surface area contributed by atoms with Crippen LogP contribution in [-0.4, -0.2) is 40.0 Å². The molecule has 1 atom stereocenters. The number of piperidine rings is 1. The van der Waals surface area contributed by atoms with Gasteiger partial charge in [-0.3, -0.25) is 9.78 Å². The lowest BCUT2D eigenvalue weighted by Gasteiger charge is -2.33. The van der Waals surface area contributed by atoms with Crippen LogP contribution in [0.4, 0.5) is 11.4 Å². The van der Waals surface area contributed by atoms with Crippen molar-refractivity contribution >= 4 is 28.3 Å². The summed E-state index contributed by atoms with van der Waals surface area (Å²) in [6.45, 7) is 1.76. The first-order chi connectivity index (χ1) is 12.2. The maximum Gasteiger partial charge on any atom is 0.257 e. The monoisotopic (exact) mass is 336 g/mol. The van der Waals surface area contributed by atoms with Gasteiger partial charge >= 0.3 is 0 Å². The van der Waals surface area contributed by atoms with Gasteiger partial charge in [0.2, 0.25) is 0 Å². The number of nitrogens with zero attached hydrogens (tertiary/aromatic N) is 3. The lowest BCUT2D eigenvalue weighted by molar-refractivity contribution is 0.102. The molecule has 1 fully saturated rings. The van der Waals surface area contributed by atoms with Gasteiger partial charge in [-0.15, -0.1) is 0 Å². The molecule has 0 spiro atoms. The molecule has 0 radical (unpaired) electrons. The van der Waals surface area contributed by atoms with Crippen molar-refractivity contribution in [2.45, 2.75) is 18.9 Å². The van der Waals surface area contributed by atoms with Crippen LogP contribution < -0.4 is 16.0 Å². The predicted octanol–water partition coefficient (Wildman–Crippen LogP) is 2.14. The number of hydrogen-bond donors (Lipinski definition) is 3. The molecule has 1 unspecified atom stereocenters. The first-order valence-corrected chi connectivity index (χ1v) is 8.40. The number of carbonyl (C=O) groups excluding carboxylic acids is 1. The Bertz CT molecular complexity index is 891. The van der Waals surface area contributed by atoms with Crippen LogP contribution in [-0.2, 0) is 0 Å². The fourth-order valence-corrected chi connectivity index (χ4v) is 3.32. The van der Waals surface area contributed by atoms with Gasteiger partial charge in [0.15, 0.2) is 0 Å². The standard InChI is InChI=1S/C18H20N6O/c19-13-4-2-8-24(11-13)15-5-7-21-17-16(15)14(10-22-17)23-18(25)12-3-1-6-20-9-12/h1,3,5-7,9-10,13H,2,4,8,11,19H2,(H,21,22)(H,23,25). The Kier molecular flexibility index (Phi) is 4.07. The highest BCUT2D eigenvalue weighted by Gasteiger charge is 2.21. The van der Waals surface area contributed by atoms with E-state index in [1.54, 1.807) is 36.9 Å². The average Bonchev–Trinajstić information content (AvgIpc) is 3.05. The number of rotatable bonds is 3. The zero-order valence-electron chi connectivity index (χ0n) is 13.8. The first kappa shape index (κ1) is 15.6. The second kappa shape index (κ2) is 6.52. The lowest BCUT2D eigenvalue weighted by Crippen LogP contribution is -2.42. The van der Waals surface area contributed by atoms with Crippen molar-refractivity contribution in [2.24, 2.45) is 5.73 Å². The number of hydrogen-bond acceptors (Lipinski definition) is 5. The molecule has 1 aliphatic rings. The van der Waals surface area contributed by atoms with E-state index < -0.39 is 0 Å². The Morgan fingerprint density at radius 1 is 1.36 bits per heavy atom. The summed E-state index contributed by atoms with van der Waals surface area (Å²) in [7, 11) is 0. The molecule has 0 aliphatic carbocycles. The summed E-state index contributed by atoms with van der Waals surface area (Å²) in [6.07, 6.45) is 8.85. The fraction of sp³-hybridized carbons (Fsp3) is 0.278. The second-order valence-electron chi connectivity index (χ2n) is 6.30. The number of carbonyl (C=O) groups is 1. The van der Waals surface area contributed by atoms with Crippen LogP contribution in [0.15, 0.2) is 43.0 Å². The molecular weight excluding hydrogens is 316 g/mol. The lowest BCUT2D eigenvalue weighted by atomic mass is 10.1. The van der Waals surface area contributed by atoms with E-state index in [1.807, 2.05) is 6.07 Å². The van der Waals surface area contributed by atoms with Crippen molar-refractivity contribution in [3.63, 3.8) is 0 Å². The zero-order chi connectivity index (χ0) is 17.2. The number of H-pyrrole nitrogens is 1. The first-order valence-electron chi connectivity index (χ1n) is 8.40. The molecule has 1 aliphatic heterocycles. The van der Waals surface area contributed by atoms with Crippen LogP contribution in [0.1, 0.15) is 23.2 Å². The zero-order valence-corrected chi connectivity index (χ0v) is 13.8. The Labute approximate surface area is 145 Å². The van der Waals surface area contributed by atoms with Crippen LogP contribution in [0.5, 0.6) is 0 Å². The second-order valence-corrected chi connectivity index (χ2v) is 6.30. The summed E-state index contributed by atoms with van der Waals surface area (Å²) >= 11 is 0. The van der Waals surface area contributed by atoms with Gasteiger partial charge in [-0.25, -0.2) is 4.98 Å². The van der Waals surface area contributed by atoms with Gasteiger partial charge in [0.1, 0.15) is 5.65 Å². The predicted molar refractivity (Wildman–Crippen MR) is 97.7 cm³/mol. The van der Waals surface area contributed by atoms with E-state index in [2.05, 4.69) is 25.2 Å². The molecule has 0 aromatic carbocycles. The summed E-state index contributed by atoms with van der Waals surface area (Å²) in [5, 5.41) is 3.87. The van der Waals surface area contributed by atoms with Crippen molar-refractivity contribution in [2.75, 3.05) is 23.3 Å². The fourth-order valence-electron chi connectivity index (χ4n) is 3.32. The number of fused-ring (bicyclic) bond motifs is 1. The summed E-state index contributed by atoms with van der Waals surface area (Å²) in [4.78, 5) is 26.3. The van der Waals surface area contributed by atoms with E-state index >= 15 is 0 Å².